The van der Waals surface area contributed by atoms with Crippen molar-refractivity contribution in [2.75, 3.05) is 0 Å². The molecule has 22 heavy (non-hydrogen) atoms. The minimum Gasteiger partial charge on any atom is -0.311 e. The van der Waals surface area contributed by atoms with E-state index < -0.39 is 34.6 Å². The van der Waals surface area contributed by atoms with Crippen LogP contribution in [0.25, 0.3) is 0 Å². The Labute approximate surface area is 122 Å². The third-order valence-electron chi connectivity index (χ3n) is 3.59. The summed E-state index contributed by atoms with van der Waals surface area (Å²) in [5.74, 6) is 0. The predicted octanol–water partition coefficient (Wildman–Crippen LogP) is 3.05. The molecule has 0 aromatic rings. The van der Waals surface area contributed by atoms with Crippen molar-refractivity contribution < 1.29 is 26.3 Å². The van der Waals surface area contributed by atoms with Crippen LogP contribution in [0, 0.1) is 0 Å². The van der Waals surface area contributed by atoms with E-state index >= 15 is 0 Å². The first-order chi connectivity index (χ1) is 9.93. The van der Waals surface area contributed by atoms with Gasteiger partial charge in [0, 0.05) is 0 Å². The highest BCUT2D eigenvalue weighted by Crippen LogP contribution is 2.45. The minimum atomic E-state index is -4.97. The number of hydrogen-bond donors (Lipinski definition) is 2. The molecule has 0 aromatic carbocycles. The van der Waals surface area contributed by atoms with Gasteiger partial charge < -0.3 is 11.5 Å². The molecule has 4 N–H and O–H groups in total. The van der Waals surface area contributed by atoms with Crippen molar-refractivity contribution in [3.63, 3.8) is 0 Å². The zero-order valence-electron chi connectivity index (χ0n) is 11.0. The maximum absolute atomic E-state index is 13.3. The summed E-state index contributed by atoms with van der Waals surface area (Å²) in [7, 11) is 0. The average molecular weight is 322 g/mol. The highest BCUT2D eigenvalue weighted by molar-refractivity contribution is 5.57. The topological polar surface area (TPSA) is 52.0 Å². The molecule has 0 saturated heterocycles. The van der Waals surface area contributed by atoms with Gasteiger partial charge in [0.2, 0.25) is 0 Å². The summed E-state index contributed by atoms with van der Waals surface area (Å²) in [6.45, 7) is 0. The van der Waals surface area contributed by atoms with Crippen molar-refractivity contribution in [1.29, 1.82) is 0 Å². The molecule has 2 unspecified atom stereocenters. The van der Waals surface area contributed by atoms with Crippen LogP contribution in [-0.4, -0.2) is 23.4 Å². The molecule has 120 valence electrons. The SMILES string of the molecule is NC1(C(F)(F)F)C=CC=C/C1=C1/C=CC=CC1(N)C(F)(F)F. The van der Waals surface area contributed by atoms with E-state index in [0.29, 0.717) is 12.2 Å². The van der Waals surface area contributed by atoms with Crippen molar-refractivity contribution in [1.82, 2.24) is 0 Å². The van der Waals surface area contributed by atoms with E-state index in [9.17, 15) is 26.3 Å². The maximum atomic E-state index is 13.3. The largest absolute Gasteiger partial charge is 0.414 e. The Morgan fingerprint density at radius 3 is 1.23 bits per heavy atom. The Kier molecular flexibility index (Phi) is 3.65. The lowest BCUT2D eigenvalue weighted by molar-refractivity contribution is -0.167. The fourth-order valence-electron chi connectivity index (χ4n) is 2.29. The number of rotatable bonds is 0. The Morgan fingerprint density at radius 2 is 0.955 bits per heavy atom. The highest BCUT2D eigenvalue weighted by atomic mass is 19.4. The smallest absolute Gasteiger partial charge is 0.311 e. The fraction of sp³-hybridized carbons (Fsp3) is 0.286. The molecule has 0 aliphatic heterocycles. The van der Waals surface area contributed by atoms with Crippen LogP contribution in [0.3, 0.4) is 0 Å². The molecule has 2 nitrogen and oxygen atoms in total. The second kappa shape index (κ2) is 4.85. The van der Waals surface area contributed by atoms with E-state index in [4.69, 9.17) is 11.5 Å². The summed E-state index contributed by atoms with van der Waals surface area (Å²) >= 11 is 0. The first kappa shape index (κ1) is 16.6. The molecule has 8 heteroatoms. The van der Waals surface area contributed by atoms with Gasteiger partial charge in [-0.15, -0.1) is 0 Å². The summed E-state index contributed by atoms with van der Waals surface area (Å²) in [6, 6.07) is 0. The number of nitrogens with two attached hydrogens (primary N) is 2. The van der Waals surface area contributed by atoms with Crippen LogP contribution in [0.2, 0.25) is 0 Å². The summed E-state index contributed by atoms with van der Waals surface area (Å²) in [6.07, 6.45) is -2.49. The molecule has 0 aromatic heterocycles. The molecule has 0 bridgehead atoms. The van der Waals surface area contributed by atoms with Gasteiger partial charge in [-0.25, -0.2) is 0 Å². The van der Waals surface area contributed by atoms with Gasteiger partial charge in [0.25, 0.3) is 0 Å². The third kappa shape index (κ3) is 2.32. The highest BCUT2D eigenvalue weighted by Gasteiger charge is 2.58. The maximum Gasteiger partial charge on any atom is 0.414 e. The van der Waals surface area contributed by atoms with Gasteiger partial charge in [-0.2, -0.15) is 26.3 Å². The number of hydrogen-bond acceptors (Lipinski definition) is 2. The monoisotopic (exact) mass is 322 g/mol. The zero-order valence-corrected chi connectivity index (χ0v) is 11.0. The molecule has 2 atom stereocenters. The van der Waals surface area contributed by atoms with Crippen molar-refractivity contribution in [3.8, 4) is 0 Å². The normalized spacial score (nSPS) is 35.3. The Morgan fingerprint density at radius 1 is 0.636 bits per heavy atom. The molecule has 0 spiro atoms. The second-order valence-corrected chi connectivity index (χ2v) is 5.00. The summed E-state index contributed by atoms with van der Waals surface area (Å²) in [5, 5.41) is 0. The molecule has 2 rings (SSSR count). The Bertz CT molecular complexity index is 566. The van der Waals surface area contributed by atoms with E-state index in [1.807, 2.05) is 0 Å². The van der Waals surface area contributed by atoms with Crippen LogP contribution in [0.1, 0.15) is 0 Å². The van der Waals surface area contributed by atoms with Gasteiger partial charge in [-0.1, -0.05) is 48.6 Å². The average Bonchev–Trinajstić information content (AvgIpc) is 2.38. The van der Waals surface area contributed by atoms with E-state index in [1.165, 1.54) is 12.2 Å². The van der Waals surface area contributed by atoms with E-state index in [-0.39, 0.29) is 0 Å². The van der Waals surface area contributed by atoms with Crippen LogP contribution < -0.4 is 11.5 Å². The number of alkyl halides is 6. The fourth-order valence-corrected chi connectivity index (χ4v) is 2.29. The van der Waals surface area contributed by atoms with Crippen molar-refractivity contribution in [2.24, 2.45) is 11.5 Å². The zero-order chi connectivity index (χ0) is 16.8. The van der Waals surface area contributed by atoms with Crippen LogP contribution in [0.4, 0.5) is 26.3 Å². The molecule has 0 fully saturated rings. The summed E-state index contributed by atoms with van der Waals surface area (Å²) in [5.41, 5.74) is 3.20. The predicted molar refractivity (Wildman–Crippen MR) is 69.5 cm³/mol. The van der Waals surface area contributed by atoms with Crippen LogP contribution in [-0.2, 0) is 0 Å². The molecule has 2 aliphatic rings. The van der Waals surface area contributed by atoms with Crippen LogP contribution >= 0.6 is 0 Å². The number of allylic oxidation sites excluding steroid dienone is 4. The molecular formula is C14H12F6N2. The second-order valence-electron chi connectivity index (χ2n) is 5.00. The first-order valence-corrected chi connectivity index (χ1v) is 6.12. The van der Waals surface area contributed by atoms with E-state index in [2.05, 4.69) is 0 Å². The van der Waals surface area contributed by atoms with Crippen molar-refractivity contribution in [2.45, 2.75) is 23.4 Å². The van der Waals surface area contributed by atoms with Crippen molar-refractivity contribution >= 4 is 0 Å². The number of halogens is 6. The van der Waals surface area contributed by atoms with Gasteiger partial charge in [0.15, 0.2) is 11.1 Å². The molecule has 0 amide bonds. The molecule has 2 aliphatic carbocycles. The summed E-state index contributed by atoms with van der Waals surface area (Å²) < 4.78 is 79.6. The lowest BCUT2D eigenvalue weighted by atomic mass is 9.75. The Hall–Kier alpha value is -1.80. The third-order valence-corrected chi connectivity index (χ3v) is 3.59. The van der Waals surface area contributed by atoms with E-state index in [0.717, 1.165) is 24.3 Å². The van der Waals surface area contributed by atoms with Crippen LogP contribution in [0.15, 0.2) is 59.8 Å². The molecule has 0 radical (unpaired) electrons. The quantitative estimate of drug-likeness (QED) is 0.674. The van der Waals surface area contributed by atoms with Gasteiger partial charge >= 0.3 is 12.4 Å². The lowest BCUT2D eigenvalue weighted by Crippen LogP contribution is -2.58. The summed E-state index contributed by atoms with van der Waals surface area (Å²) in [4.78, 5) is 0. The molecule has 0 saturated carbocycles. The molecule has 0 heterocycles. The van der Waals surface area contributed by atoms with Gasteiger partial charge in [-0.3, -0.25) is 0 Å². The van der Waals surface area contributed by atoms with Crippen LogP contribution in [0.5, 0.6) is 0 Å². The lowest BCUT2D eigenvalue weighted by Gasteiger charge is -2.39. The molecular weight excluding hydrogens is 310 g/mol. The van der Waals surface area contributed by atoms with E-state index in [1.54, 1.807) is 0 Å². The Balaban J connectivity index is 2.75. The first-order valence-electron chi connectivity index (χ1n) is 6.12. The van der Waals surface area contributed by atoms with Crippen molar-refractivity contribution in [3.05, 3.63) is 59.8 Å². The van der Waals surface area contributed by atoms with Gasteiger partial charge in [0.05, 0.1) is 0 Å². The standard InChI is InChI=1S/C14H12F6N2/c15-13(16,17)11(21)7-3-1-5-9(11)10-6-2-4-8-12(10,22)14(18,19)20/h1-8H,21-22H2/b10-9+. The minimum absolute atomic E-state index is 0.609. The van der Waals surface area contributed by atoms with Gasteiger partial charge in [0.1, 0.15) is 0 Å². The van der Waals surface area contributed by atoms with Gasteiger partial charge in [-0.05, 0) is 11.1 Å².